The number of rotatable bonds is 5. The molecule has 3 aromatic rings. The molecule has 0 unspecified atom stereocenters. The third kappa shape index (κ3) is 3.97. The number of fused-ring (bicyclic) bond motifs is 1. The molecule has 0 spiro atoms. The van der Waals surface area contributed by atoms with Crippen LogP contribution in [0.5, 0.6) is 0 Å². The number of furan rings is 1. The number of aromatic nitrogens is 3. The number of carbonyl (C=O) groups excluding carboxylic acids is 1. The molecule has 6 nitrogen and oxygen atoms in total. The minimum Gasteiger partial charge on any atom is -0.466 e. The molecule has 0 aliphatic heterocycles. The smallest absolute Gasteiger partial charge is 0.255 e. The summed E-state index contributed by atoms with van der Waals surface area (Å²) in [5.74, 6) is 4.26. The Morgan fingerprint density at radius 2 is 2.03 bits per heavy atom. The molecule has 0 aromatic carbocycles. The van der Waals surface area contributed by atoms with Crippen molar-refractivity contribution in [3.8, 4) is 23.6 Å². The van der Waals surface area contributed by atoms with E-state index in [0.29, 0.717) is 17.8 Å². The van der Waals surface area contributed by atoms with E-state index in [2.05, 4.69) is 24.9 Å². The topological polar surface area (TPSA) is 64.2 Å². The predicted octanol–water partition coefficient (Wildman–Crippen LogP) is 5.30. The second-order valence-electron chi connectivity index (χ2n) is 8.73. The van der Waals surface area contributed by atoms with Gasteiger partial charge in [0, 0.05) is 17.6 Å². The van der Waals surface area contributed by atoms with Crippen LogP contribution in [0, 0.1) is 26.2 Å². The summed E-state index contributed by atoms with van der Waals surface area (Å²) in [6.45, 7) is 8.26. The van der Waals surface area contributed by atoms with Crippen molar-refractivity contribution in [2.24, 2.45) is 0 Å². The van der Waals surface area contributed by atoms with E-state index in [1.165, 1.54) is 6.42 Å². The zero-order valence-corrected chi connectivity index (χ0v) is 18.8. The lowest BCUT2D eigenvalue weighted by Crippen LogP contribution is -2.41. The van der Waals surface area contributed by atoms with Gasteiger partial charge in [0.15, 0.2) is 5.65 Å². The van der Waals surface area contributed by atoms with Crippen LogP contribution in [-0.2, 0) is 0 Å². The Bertz CT molecular complexity index is 1140. The molecule has 3 aromatic heterocycles. The van der Waals surface area contributed by atoms with Crippen LogP contribution < -0.4 is 0 Å². The highest BCUT2D eigenvalue weighted by atomic mass is 16.3. The second-order valence-corrected chi connectivity index (χ2v) is 8.73. The largest absolute Gasteiger partial charge is 0.466 e. The normalized spacial score (nSPS) is 14.8. The summed E-state index contributed by atoms with van der Waals surface area (Å²) in [6.07, 6.45) is 12.9. The van der Waals surface area contributed by atoms with E-state index in [1.54, 1.807) is 6.20 Å². The summed E-state index contributed by atoms with van der Waals surface area (Å²) < 4.78 is 7.60. The lowest BCUT2D eigenvalue weighted by atomic mass is 9.93. The molecular weight excluding hydrogens is 388 g/mol. The van der Waals surface area contributed by atoms with E-state index >= 15 is 0 Å². The van der Waals surface area contributed by atoms with Crippen molar-refractivity contribution in [2.75, 3.05) is 6.54 Å². The molecule has 1 fully saturated rings. The summed E-state index contributed by atoms with van der Waals surface area (Å²) >= 11 is 0. The quantitative estimate of drug-likeness (QED) is 0.528. The molecule has 0 atom stereocenters. The van der Waals surface area contributed by atoms with Crippen LogP contribution in [0.1, 0.15) is 73.9 Å². The van der Waals surface area contributed by atoms with E-state index in [-0.39, 0.29) is 18.0 Å². The van der Waals surface area contributed by atoms with E-state index in [0.717, 1.165) is 53.8 Å². The maximum absolute atomic E-state index is 13.8. The van der Waals surface area contributed by atoms with Gasteiger partial charge >= 0.3 is 0 Å². The van der Waals surface area contributed by atoms with Gasteiger partial charge in [-0.15, -0.1) is 6.42 Å². The Hall–Kier alpha value is -3.07. The molecule has 1 saturated carbocycles. The highest BCUT2D eigenvalue weighted by Crippen LogP contribution is 2.32. The molecule has 1 aliphatic rings. The van der Waals surface area contributed by atoms with Crippen molar-refractivity contribution in [2.45, 2.75) is 71.9 Å². The van der Waals surface area contributed by atoms with Crippen molar-refractivity contribution in [1.82, 2.24) is 19.7 Å². The monoisotopic (exact) mass is 418 g/mol. The van der Waals surface area contributed by atoms with Crippen molar-refractivity contribution in [3.63, 3.8) is 0 Å². The minimum atomic E-state index is -0.0420. The van der Waals surface area contributed by atoms with E-state index in [9.17, 15) is 4.79 Å². The fraction of sp³-hybridized carbons (Fsp3) is 0.480. The Labute approximate surface area is 183 Å². The number of carbonyl (C=O) groups is 1. The molecule has 3 heterocycles. The standard InChI is InChI=1S/C25H30N4O2/c1-6-12-28(19-10-8-7-9-11-19)25(30)21-14-23(20-13-17(4)31-18(20)5)27-24-22(21)15-26-29(24)16(2)3/h1,13-16,19H,7-12H2,2-5H3. The van der Waals surface area contributed by atoms with Crippen LogP contribution in [0.4, 0.5) is 0 Å². The summed E-state index contributed by atoms with van der Waals surface area (Å²) in [6, 6.07) is 4.15. The molecule has 0 radical (unpaired) electrons. The molecule has 31 heavy (non-hydrogen) atoms. The molecule has 6 heteroatoms. The number of pyridine rings is 1. The molecule has 1 amide bonds. The molecule has 162 valence electrons. The van der Waals surface area contributed by atoms with Gasteiger partial charge in [-0.3, -0.25) is 4.79 Å². The van der Waals surface area contributed by atoms with Gasteiger partial charge in [-0.1, -0.05) is 25.2 Å². The van der Waals surface area contributed by atoms with Gasteiger partial charge in [-0.2, -0.15) is 5.10 Å². The van der Waals surface area contributed by atoms with Gasteiger partial charge in [-0.05, 0) is 52.7 Å². The minimum absolute atomic E-state index is 0.0420. The van der Waals surface area contributed by atoms with E-state index in [1.807, 2.05) is 35.6 Å². The summed E-state index contributed by atoms with van der Waals surface area (Å²) in [5, 5.41) is 5.30. The van der Waals surface area contributed by atoms with Gasteiger partial charge in [-0.25, -0.2) is 9.67 Å². The Morgan fingerprint density at radius 3 is 2.65 bits per heavy atom. The maximum Gasteiger partial charge on any atom is 0.255 e. The first-order chi connectivity index (χ1) is 14.9. The number of hydrogen-bond acceptors (Lipinski definition) is 4. The molecule has 0 saturated heterocycles. The van der Waals surface area contributed by atoms with Gasteiger partial charge in [0.25, 0.3) is 5.91 Å². The zero-order valence-electron chi connectivity index (χ0n) is 18.8. The van der Waals surface area contributed by atoms with E-state index in [4.69, 9.17) is 15.8 Å². The fourth-order valence-electron chi connectivity index (χ4n) is 4.61. The summed E-state index contributed by atoms with van der Waals surface area (Å²) in [4.78, 5) is 20.6. The van der Waals surface area contributed by atoms with Crippen molar-refractivity contribution >= 4 is 16.9 Å². The average Bonchev–Trinajstić information content (AvgIpc) is 3.34. The van der Waals surface area contributed by atoms with Crippen molar-refractivity contribution in [1.29, 1.82) is 0 Å². The number of amides is 1. The van der Waals surface area contributed by atoms with Crippen LogP contribution in [0.2, 0.25) is 0 Å². The van der Waals surface area contributed by atoms with Gasteiger partial charge in [0.05, 0.1) is 29.4 Å². The Balaban J connectivity index is 1.88. The lowest BCUT2D eigenvalue weighted by Gasteiger charge is -2.33. The van der Waals surface area contributed by atoms with Crippen molar-refractivity contribution in [3.05, 3.63) is 35.4 Å². The van der Waals surface area contributed by atoms with Crippen LogP contribution >= 0.6 is 0 Å². The SMILES string of the molecule is C#CCN(C(=O)c1cc(-c2cc(C)oc2C)nc2c1cnn2C(C)C)C1CCCCC1. The highest BCUT2D eigenvalue weighted by molar-refractivity contribution is 6.06. The molecule has 0 N–H and O–H groups in total. The molecule has 0 bridgehead atoms. The van der Waals surface area contributed by atoms with Crippen LogP contribution in [-0.4, -0.2) is 38.2 Å². The Morgan fingerprint density at radius 1 is 1.29 bits per heavy atom. The second kappa shape index (κ2) is 8.58. The first-order valence-corrected chi connectivity index (χ1v) is 11.1. The number of terminal acetylenes is 1. The predicted molar refractivity (Wildman–Crippen MR) is 122 cm³/mol. The van der Waals surface area contributed by atoms with Crippen LogP contribution in [0.3, 0.4) is 0 Å². The lowest BCUT2D eigenvalue weighted by molar-refractivity contribution is 0.0669. The summed E-state index contributed by atoms with van der Waals surface area (Å²) in [7, 11) is 0. The fourth-order valence-corrected chi connectivity index (χ4v) is 4.61. The van der Waals surface area contributed by atoms with Crippen LogP contribution in [0.15, 0.2) is 22.7 Å². The molecule has 1 aliphatic carbocycles. The van der Waals surface area contributed by atoms with Gasteiger partial charge in [0.1, 0.15) is 11.5 Å². The number of aryl methyl sites for hydroxylation is 2. The third-order valence-electron chi connectivity index (χ3n) is 6.14. The maximum atomic E-state index is 13.8. The van der Waals surface area contributed by atoms with Gasteiger partial charge in [0.2, 0.25) is 0 Å². The molecule has 4 rings (SSSR count). The van der Waals surface area contributed by atoms with Crippen LogP contribution in [0.25, 0.3) is 22.3 Å². The Kier molecular flexibility index (Phi) is 5.86. The van der Waals surface area contributed by atoms with Crippen molar-refractivity contribution < 1.29 is 9.21 Å². The van der Waals surface area contributed by atoms with E-state index < -0.39 is 0 Å². The number of hydrogen-bond donors (Lipinski definition) is 0. The van der Waals surface area contributed by atoms with Gasteiger partial charge < -0.3 is 9.32 Å². The summed E-state index contributed by atoms with van der Waals surface area (Å²) in [5.41, 5.74) is 2.92. The zero-order chi connectivity index (χ0) is 22.1. The molecular formula is C25H30N4O2. The average molecular weight is 419 g/mol. The number of nitrogens with zero attached hydrogens (tertiary/aromatic N) is 4. The first-order valence-electron chi connectivity index (χ1n) is 11.1. The highest BCUT2D eigenvalue weighted by Gasteiger charge is 2.28. The first kappa shape index (κ1) is 21.2. The third-order valence-corrected chi connectivity index (χ3v) is 6.14.